The lowest BCUT2D eigenvalue weighted by atomic mass is 9.77. The van der Waals surface area contributed by atoms with Crippen LogP contribution in [-0.2, 0) is 0 Å². The first-order valence-corrected chi connectivity index (χ1v) is 8.74. The molecule has 0 bridgehead atoms. The van der Waals surface area contributed by atoms with Crippen LogP contribution in [0.5, 0.6) is 0 Å². The van der Waals surface area contributed by atoms with Crippen molar-refractivity contribution >= 4 is 0 Å². The highest BCUT2D eigenvalue weighted by molar-refractivity contribution is 5.44. The average molecular weight is 274 g/mol. The largest absolute Gasteiger partial charge is 0.0956 e. The maximum Gasteiger partial charge on any atom is -0.0165 e. The van der Waals surface area contributed by atoms with E-state index in [2.05, 4.69) is 33.9 Å². The lowest BCUT2D eigenvalue weighted by Crippen LogP contribution is -2.11. The molecule has 0 aromatic carbocycles. The SMILES string of the molecule is C=C(CC)C1=C(C(=C)C(CCC)CCCC)CCCC1. The quantitative estimate of drug-likeness (QED) is 0.425. The second-order valence-electron chi connectivity index (χ2n) is 6.27. The van der Waals surface area contributed by atoms with Gasteiger partial charge in [0.15, 0.2) is 0 Å². The molecular formula is C20H34. The molecule has 0 amide bonds. The van der Waals surface area contributed by atoms with Crippen LogP contribution in [0.15, 0.2) is 35.5 Å². The Balaban J connectivity index is 2.93. The zero-order valence-electron chi connectivity index (χ0n) is 14.1. The zero-order chi connectivity index (χ0) is 15.0. The summed E-state index contributed by atoms with van der Waals surface area (Å²) in [6, 6.07) is 0. The van der Waals surface area contributed by atoms with E-state index in [-0.39, 0.29) is 0 Å². The Morgan fingerprint density at radius 2 is 1.60 bits per heavy atom. The molecule has 0 N–H and O–H groups in total. The fourth-order valence-corrected chi connectivity index (χ4v) is 3.40. The molecule has 1 atom stereocenters. The third-order valence-electron chi connectivity index (χ3n) is 4.75. The number of hydrogen-bond donors (Lipinski definition) is 0. The number of hydrogen-bond acceptors (Lipinski definition) is 0. The van der Waals surface area contributed by atoms with Crippen LogP contribution in [0.1, 0.15) is 85.0 Å². The van der Waals surface area contributed by atoms with Crippen molar-refractivity contribution in [2.24, 2.45) is 5.92 Å². The van der Waals surface area contributed by atoms with Gasteiger partial charge in [-0.3, -0.25) is 0 Å². The van der Waals surface area contributed by atoms with Crippen LogP contribution in [0, 0.1) is 5.92 Å². The summed E-state index contributed by atoms with van der Waals surface area (Å²) in [6.45, 7) is 15.6. The fourth-order valence-electron chi connectivity index (χ4n) is 3.40. The molecule has 0 fully saturated rings. The number of unbranched alkanes of at least 4 members (excludes halogenated alkanes) is 1. The third kappa shape index (κ3) is 4.65. The van der Waals surface area contributed by atoms with Gasteiger partial charge in [0.2, 0.25) is 0 Å². The summed E-state index contributed by atoms with van der Waals surface area (Å²) in [4.78, 5) is 0. The van der Waals surface area contributed by atoms with Gasteiger partial charge in [0.05, 0.1) is 0 Å². The van der Waals surface area contributed by atoms with Gasteiger partial charge >= 0.3 is 0 Å². The van der Waals surface area contributed by atoms with Crippen LogP contribution in [0.3, 0.4) is 0 Å². The Kier molecular flexibility index (Phi) is 7.95. The molecule has 0 spiro atoms. The zero-order valence-corrected chi connectivity index (χ0v) is 14.1. The van der Waals surface area contributed by atoms with E-state index in [4.69, 9.17) is 0 Å². The Morgan fingerprint density at radius 3 is 2.15 bits per heavy atom. The van der Waals surface area contributed by atoms with Crippen LogP contribution in [0.25, 0.3) is 0 Å². The topological polar surface area (TPSA) is 0 Å². The minimum atomic E-state index is 0.702. The van der Waals surface area contributed by atoms with Gasteiger partial charge in [0.1, 0.15) is 0 Å². The molecule has 0 radical (unpaired) electrons. The summed E-state index contributed by atoms with van der Waals surface area (Å²) in [6.07, 6.45) is 12.7. The fraction of sp³-hybridized carbons (Fsp3) is 0.700. The average Bonchev–Trinajstić information content (AvgIpc) is 2.50. The molecule has 0 saturated heterocycles. The smallest absolute Gasteiger partial charge is 0.0165 e. The van der Waals surface area contributed by atoms with E-state index in [1.165, 1.54) is 68.9 Å². The van der Waals surface area contributed by atoms with E-state index < -0.39 is 0 Å². The number of allylic oxidation sites excluding steroid dienone is 4. The third-order valence-corrected chi connectivity index (χ3v) is 4.75. The van der Waals surface area contributed by atoms with Crippen LogP contribution in [0.2, 0.25) is 0 Å². The summed E-state index contributed by atoms with van der Waals surface area (Å²) in [7, 11) is 0. The molecule has 20 heavy (non-hydrogen) atoms. The first kappa shape index (κ1) is 17.3. The lowest BCUT2D eigenvalue weighted by Gasteiger charge is -2.28. The van der Waals surface area contributed by atoms with Crippen molar-refractivity contribution in [3.8, 4) is 0 Å². The molecule has 0 saturated carbocycles. The van der Waals surface area contributed by atoms with Gasteiger partial charge in [-0.1, -0.05) is 58.8 Å². The van der Waals surface area contributed by atoms with Gasteiger partial charge in [0, 0.05) is 0 Å². The molecule has 0 aromatic heterocycles. The summed E-state index contributed by atoms with van der Waals surface area (Å²) in [5, 5.41) is 0. The second-order valence-corrected chi connectivity index (χ2v) is 6.27. The number of rotatable bonds is 9. The van der Waals surface area contributed by atoms with Gasteiger partial charge in [-0.15, -0.1) is 0 Å². The molecule has 1 aliphatic carbocycles. The van der Waals surface area contributed by atoms with E-state index in [9.17, 15) is 0 Å². The Bertz CT molecular complexity index is 356. The Morgan fingerprint density at radius 1 is 0.950 bits per heavy atom. The van der Waals surface area contributed by atoms with Gasteiger partial charge in [-0.25, -0.2) is 0 Å². The predicted octanol–water partition coefficient (Wildman–Crippen LogP) is 6.99. The minimum absolute atomic E-state index is 0.702. The summed E-state index contributed by atoms with van der Waals surface area (Å²) >= 11 is 0. The molecule has 0 heteroatoms. The molecule has 0 heterocycles. The lowest BCUT2D eigenvalue weighted by molar-refractivity contribution is 0.486. The van der Waals surface area contributed by atoms with E-state index in [1.54, 1.807) is 11.1 Å². The normalized spacial score (nSPS) is 17.1. The van der Waals surface area contributed by atoms with Crippen LogP contribution in [0.4, 0.5) is 0 Å². The first-order valence-electron chi connectivity index (χ1n) is 8.74. The molecule has 114 valence electrons. The molecular weight excluding hydrogens is 240 g/mol. The monoisotopic (exact) mass is 274 g/mol. The molecule has 1 unspecified atom stereocenters. The van der Waals surface area contributed by atoms with E-state index >= 15 is 0 Å². The van der Waals surface area contributed by atoms with E-state index in [1.807, 2.05) is 0 Å². The van der Waals surface area contributed by atoms with E-state index in [0.717, 1.165) is 6.42 Å². The van der Waals surface area contributed by atoms with Crippen molar-refractivity contribution in [2.75, 3.05) is 0 Å². The molecule has 0 nitrogen and oxygen atoms in total. The van der Waals surface area contributed by atoms with Crippen molar-refractivity contribution in [1.29, 1.82) is 0 Å². The van der Waals surface area contributed by atoms with Crippen molar-refractivity contribution in [3.63, 3.8) is 0 Å². The summed E-state index contributed by atoms with van der Waals surface area (Å²) < 4.78 is 0. The second kappa shape index (κ2) is 9.21. The van der Waals surface area contributed by atoms with Crippen LogP contribution >= 0.6 is 0 Å². The van der Waals surface area contributed by atoms with E-state index in [0.29, 0.717) is 5.92 Å². The van der Waals surface area contributed by atoms with Crippen molar-refractivity contribution in [2.45, 2.75) is 85.0 Å². The molecule has 1 rings (SSSR count). The van der Waals surface area contributed by atoms with Crippen molar-refractivity contribution < 1.29 is 0 Å². The molecule has 0 aliphatic heterocycles. The van der Waals surface area contributed by atoms with Crippen LogP contribution in [-0.4, -0.2) is 0 Å². The highest BCUT2D eigenvalue weighted by Gasteiger charge is 2.21. The van der Waals surface area contributed by atoms with Crippen molar-refractivity contribution in [1.82, 2.24) is 0 Å². The maximum absolute atomic E-state index is 4.52. The van der Waals surface area contributed by atoms with Gasteiger partial charge in [-0.05, 0) is 67.6 Å². The Hall–Kier alpha value is -0.780. The molecule has 0 aromatic rings. The molecule has 1 aliphatic rings. The maximum atomic E-state index is 4.52. The van der Waals surface area contributed by atoms with Gasteiger partial charge in [0.25, 0.3) is 0 Å². The summed E-state index contributed by atoms with van der Waals surface area (Å²) in [5.41, 5.74) is 5.94. The predicted molar refractivity (Wildman–Crippen MR) is 92.0 cm³/mol. The van der Waals surface area contributed by atoms with Crippen molar-refractivity contribution in [3.05, 3.63) is 35.5 Å². The minimum Gasteiger partial charge on any atom is -0.0956 e. The first-order chi connectivity index (χ1) is 9.65. The standard InChI is InChI=1S/C20H34/c1-6-9-13-18(12-7-2)17(5)20-15-11-10-14-19(20)16(4)8-3/h18H,4-15H2,1-3H3. The highest BCUT2D eigenvalue weighted by Crippen LogP contribution is 2.38. The van der Waals surface area contributed by atoms with Crippen LogP contribution < -0.4 is 0 Å². The van der Waals surface area contributed by atoms with Gasteiger partial charge in [-0.2, -0.15) is 0 Å². The Labute approximate surface area is 127 Å². The van der Waals surface area contributed by atoms with Gasteiger partial charge < -0.3 is 0 Å². The summed E-state index contributed by atoms with van der Waals surface area (Å²) in [5.74, 6) is 0.702. The highest BCUT2D eigenvalue weighted by atomic mass is 14.3.